The van der Waals surface area contributed by atoms with E-state index in [9.17, 15) is 9.59 Å². The van der Waals surface area contributed by atoms with Crippen LogP contribution in [0.5, 0.6) is 5.75 Å². The van der Waals surface area contributed by atoms with Gasteiger partial charge in [-0.1, -0.05) is 75.4 Å². The van der Waals surface area contributed by atoms with Crippen LogP contribution in [0.1, 0.15) is 38.3 Å². The predicted molar refractivity (Wildman–Crippen MR) is 129 cm³/mol. The minimum atomic E-state index is -0.263. The van der Waals surface area contributed by atoms with Crippen LogP contribution in [0.2, 0.25) is 0 Å². The number of para-hydroxylation sites is 1. The first-order valence-corrected chi connectivity index (χ1v) is 10.8. The Morgan fingerprint density at radius 1 is 0.781 bits per heavy atom. The number of aryl methyl sites for hydroxylation is 1. The molecule has 0 saturated heterocycles. The number of carbonyl (C=O) groups is 2. The summed E-state index contributed by atoms with van der Waals surface area (Å²) in [5.74, 6) is 0.371. The first-order chi connectivity index (χ1) is 15.3. The normalized spacial score (nSPS) is 11.0. The molecule has 0 spiro atoms. The van der Waals surface area contributed by atoms with E-state index in [0.29, 0.717) is 30.0 Å². The summed E-state index contributed by atoms with van der Waals surface area (Å²) in [6.07, 6.45) is 1.07. The number of benzene rings is 3. The van der Waals surface area contributed by atoms with E-state index in [0.717, 1.165) is 11.1 Å². The van der Waals surface area contributed by atoms with E-state index in [-0.39, 0.29) is 23.8 Å². The molecule has 0 bridgehead atoms. The lowest BCUT2D eigenvalue weighted by molar-refractivity contribution is -0.118. The molecule has 0 aliphatic rings. The van der Waals surface area contributed by atoms with Gasteiger partial charge in [0, 0.05) is 17.8 Å². The highest BCUT2D eigenvalue weighted by atomic mass is 16.5. The van der Waals surface area contributed by atoms with Crippen LogP contribution in [-0.4, -0.2) is 18.4 Å². The smallest absolute Gasteiger partial charge is 0.262 e. The highest BCUT2D eigenvalue weighted by molar-refractivity contribution is 5.94. The minimum Gasteiger partial charge on any atom is -0.483 e. The molecule has 2 amide bonds. The van der Waals surface area contributed by atoms with Crippen LogP contribution in [0.15, 0.2) is 78.9 Å². The Bertz CT molecular complexity index is 1060. The van der Waals surface area contributed by atoms with Crippen molar-refractivity contribution in [3.63, 3.8) is 0 Å². The lowest BCUT2D eigenvalue weighted by Crippen LogP contribution is -2.22. The molecule has 0 unspecified atom stereocenters. The molecule has 5 heteroatoms. The van der Waals surface area contributed by atoms with Gasteiger partial charge < -0.3 is 15.4 Å². The first-order valence-electron chi connectivity index (χ1n) is 10.8. The predicted octanol–water partition coefficient (Wildman–Crippen LogP) is 5.57. The molecule has 0 aliphatic heterocycles. The summed E-state index contributed by atoms with van der Waals surface area (Å²) in [6.45, 7) is 6.22. The lowest BCUT2D eigenvalue weighted by Gasteiger charge is -2.22. The molecule has 0 radical (unpaired) electrons. The minimum absolute atomic E-state index is 0.0700. The molecule has 0 heterocycles. The summed E-state index contributed by atoms with van der Waals surface area (Å²) in [7, 11) is 0. The molecule has 2 N–H and O–H groups in total. The second kappa shape index (κ2) is 10.6. The number of rotatable bonds is 8. The summed E-state index contributed by atoms with van der Waals surface area (Å²) in [5, 5.41) is 5.71. The molecule has 3 aromatic carbocycles. The number of amides is 2. The van der Waals surface area contributed by atoms with Crippen molar-refractivity contribution in [3.8, 4) is 5.75 Å². The van der Waals surface area contributed by atoms with Gasteiger partial charge in [0.1, 0.15) is 5.75 Å². The highest BCUT2D eigenvalue weighted by Crippen LogP contribution is 2.30. The van der Waals surface area contributed by atoms with Gasteiger partial charge in [-0.15, -0.1) is 0 Å². The highest BCUT2D eigenvalue weighted by Gasteiger charge is 2.19. The van der Waals surface area contributed by atoms with E-state index in [1.807, 2.05) is 54.6 Å². The molecule has 0 aliphatic carbocycles. The Hall–Kier alpha value is -3.60. The van der Waals surface area contributed by atoms with Gasteiger partial charge in [-0.3, -0.25) is 9.59 Å². The van der Waals surface area contributed by atoms with Crippen LogP contribution in [0.3, 0.4) is 0 Å². The average molecular weight is 431 g/mol. The van der Waals surface area contributed by atoms with Crippen LogP contribution < -0.4 is 15.4 Å². The monoisotopic (exact) mass is 430 g/mol. The van der Waals surface area contributed by atoms with Gasteiger partial charge in [-0.2, -0.15) is 0 Å². The van der Waals surface area contributed by atoms with Gasteiger partial charge in [-0.05, 0) is 47.2 Å². The topological polar surface area (TPSA) is 67.4 Å². The van der Waals surface area contributed by atoms with E-state index < -0.39 is 0 Å². The summed E-state index contributed by atoms with van der Waals surface area (Å²) in [5.41, 5.74) is 3.33. The fourth-order valence-electron chi connectivity index (χ4n) is 3.35. The summed E-state index contributed by atoms with van der Waals surface area (Å²) >= 11 is 0. The third-order valence-corrected chi connectivity index (χ3v) is 4.97. The van der Waals surface area contributed by atoms with Crippen LogP contribution in [0, 0.1) is 0 Å². The Labute approximate surface area is 189 Å². The zero-order valence-electron chi connectivity index (χ0n) is 18.9. The third-order valence-electron chi connectivity index (χ3n) is 4.97. The molecule has 0 fully saturated rings. The van der Waals surface area contributed by atoms with E-state index in [1.165, 1.54) is 0 Å². The number of hydrogen-bond acceptors (Lipinski definition) is 3. The maximum atomic E-state index is 12.4. The molecular weight excluding hydrogens is 400 g/mol. The SMILES string of the molecule is CC(C)(C)c1ccccc1OCC(=O)Nc1cccc(NC(=O)CCc2ccccc2)c1. The van der Waals surface area contributed by atoms with E-state index in [4.69, 9.17) is 4.74 Å². The van der Waals surface area contributed by atoms with Crippen molar-refractivity contribution in [2.24, 2.45) is 0 Å². The van der Waals surface area contributed by atoms with Gasteiger partial charge in [0.2, 0.25) is 5.91 Å². The lowest BCUT2D eigenvalue weighted by atomic mass is 9.86. The van der Waals surface area contributed by atoms with Gasteiger partial charge in [0.15, 0.2) is 6.61 Å². The van der Waals surface area contributed by atoms with E-state index in [1.54, 1.807) is 24.3 Å². The Balaban J connectivity index is 1.52. The van der Waals surface area contributed by atoms with Crippen LogP contribution >= 0.6 is 0 Å². The number of nitrogens with one attached hydrogen (secondary N) is 2. The molecule has 3 aromatic rings. The van der Waals surface area contributed by atoms with E-state index >= 15 is 0 Å². The Morgan fingerprint density at radius 2 is 1.41 bits per heavy atom. The number of anilines is 2. The second-order valence-electron chi connectivity index (χ2n) is 8.70. The van der Waals surface area contributed by atoms with Crippen molar-refractivity contribution in [1.29, 1.82) is 0 Å². The first kappa shape index (κ1) is 23.1. The van der Waals surface area contributed by atoms with Crippen molar-refractivity contribution in [3.05, 3.63) is 90.0 Å². The summed E-state index contributed by atoms with van der Waals surface area (Å²) in [4.78, 5) is 24.7. The summed E-state index contributed by atoms with van der Waals surface area (Å²) < 4.78 is 5.78. The van der Waals surface area contributed by atoms with Crippen molar-refractivity contribution >= 4 is 23.2 Å². The molecule has 32 heavy (non-hydrogen) atoms. The van der Waals surface area contributed by atoms with Crippen LogP contribution in [0.4, 0.5) is 11.4 Å². The average Bonchev–Trinajstić information content (AvgIpc) is 2.77. The van der Waals surface area contributed by atoms with Crippen molar-refractivity contribution in [2.75, 3.05) is 17.2 Å². The number of ether oxygens (including phenoxy) is 1. The van der Waals surface area contributed by atoms with Crippen molar-refractivity contribution < 1.29 is 14.3 Å². The third kappa shape index (κ3) is 6.98. The molecule has 0 aromatic heterocycles. The quantitative estimate of drug-likeness (QED) is 0.491. The fourth-order valence-corrected chi connectivity index (χ4v) is 3.35. The molecule has 0 atom stereocenters. The second-order valence-corrected chi connectivity index (χ2v) is 8.70. The van der Waals surface area contributed by atoms with Gasteiger partial charge in [0.05, 0.1) is 0 Å². The number of hydrogen-bond donors (Lipinski definition) is 2. The van der Waals surface area contributed by atoms with Crippen LogP contribution in [-0.2, 0) is 21.4 Å². The maximum Gasteiger partial charge on any atom is 0.262 e. The Morgan fingerprint density at radius 3 is 2.09 bits per heavy atom. The zero-order valence-corrected chi connectivity index (χ0v) is 18.9. The standard InChI is InChI=1S/C27H30N2O3/c1-27(2,3)23-14-7-8-15-24(23)32-19-26(31)29-22-13-9-12-21(18-22)28-25(30)17-16-20-10-5-4-6-11-20/h4-15,18H,16-17,19H2,1-3H3,(H,28,30)(H,29,31). The van der Waals surface area contributed by atoms with Gasteiger partial charge in [0.25, 0.3) is 5.91 Å². The molecule has 5 nitrogen and oxygen atoms in total. The molecule has 3 rings (SSSR count). The van der Waals surface area contributed by atoms with Gasteiger partial charge >= 0.3 is 0 Å². The van der Waals surface area contributed by atoms with E-state index in [2.05, 4.69) is 31.4 Å². The van der Waals surface area contributed by atoms with Crippen LogP contribution in [0.25, 0.3) is 0 Å². The molecule has 166 valence electrons. The largest absolute Gasteiger partial charge is 0.483 e. The van der Waals surface area contributed by atoms with Crippen molar-refractivity contribution in [2.45, 2.75) is 39.0 Å². The van der Waals surface area contributed by atoms with Gasteiger partial charge in [-0.25, -0.2) is 0 Å². The zero-order chi connectivity index (χ0) is 23.0. The molecule has 0 saturated carbocycles. The molecular formula is C27H30N2O3. The maximum absolute atomic E-state index is 12.4. The fraction of sp³-hybridized carbons (Fsp3) is 0.259. The Kier molecular flexibility index (Phi) is 7.66. The number of carbonyl (C=O) groups excluding carboxylic acids is 2. The summed E-state index contributed by atoms with van der Waals surface area (Å²) in [6, 6.07) is 24.7. The van der Waals surface area contributed by atoms with Crippen molar-refractivity contribution in [1.82, 2.24) is 0 Å².